The Morgan fingerprint density at radius 2 is 1.92 bits per heavy atom. The fraction of sp³-hybridized carbons (Fsp3) is 0.125. The molecule has 0 amide bonds. The van der Waals surface area contributed by atoms with Crippen LogP contribution in [0.5, 0.6) is 0 Å². The van der Waals surface area contributed by atoms with Crippen LogP contribution in [0.3, 0.4) is 0 Å². The molecule has 0 aliphatic rings. The summed E-state index contributed by atoms with van der Waals surface area (Å²) < 4.78 is 45.3. The molecule has 0 fully saturated rings. The second kappa shape index (κ2) is 6.52. The van der Waals surface area contributed by atoms with Gasteiger partial charge in [0.05, 0.1) is 11.9 Å². The highest BCUT2D eigenvalue weighted by molar-refractivity contribution is 7.92. The molecule has 3 rings (SSSR count). The fourth-order valence-electron chi connectivity index (χ4n) is 2.31. The highest BCUT2D eigenvalue weighted by Gasteiger charge is 2.24. The zero-order valence-electron chi connectivity index (χ0n) is 13.4. The van der Waals surface area contributed by atoms with Gasteiger partial charge in [-0.3, -0.25) is 4.72 Å². The zero-order chi connectivity index (χ0) is 18.0. The molecule has 3 aromatic rings. The SMILES string of the molecule is Cc1noc(C)c1S(=O)(=O)Nc1ccc(Nc2cccc(F)c2)cn1. The third-order valence-electron chi connectivity index (χ3n) is 3.35. The zero-order valence-corrected chi connectivity index (χ0v) is 14.3. The van der Waals surface area contributed by atoms with Crippen LogP contribution >= 0.6 is 0 Å². The molecular weight excluding hydrogens is 347 g/mol. The topological polar surface area (TPSA) is 97.1 Å². The van der Waals surface area contributed by atoms with Gasteiger partial charge >= 0.3 is 0 Å². The summed E-state index contributed by atoms with van der Waals surface area (Å²) in [6, 6.07) is 9.10. The van der Waals surface area contributed by atoms with E-state index in [1.807, 2.05) is 0 Å². The number of benzene rings is 1. The number of rotatable bonds is 5. The normalized spacial score (nSPS) is 11.3. The van der Waals surface area contributed by atoms with Crippen LogP contribution in [0.1, 0.15) is 11.5 Å². The van der Waals surface area contributed by atoms with Crippen LogP contribution in [0.15, 0.2) is 52.0 Å². The summed E-state index contributed by atoms with van der Waals surface area (Å²) >= 11 is 0. The Morgan fingerprint density at radius 3 is 2.52 bits per heavy atom. The first kappa shape index (κ1) is 16.9. The molecule has 7 nitrogen and oxygen atoms in total. The minimum Gasteiger partial charge on any atom is -0.360 e. The molecule has 0 radical (unpaired) electrons. The van der Waals surface area contributed by atoms with Crippen molar-refractivity contribution in [2.45, 2.75) is 18.7 Å². The van der Waals surface area contributed by atoms with E-state index in [0.29, 0.717) is 11.4 Å². The molecule has 2 heterocycles. The maximum atomic E-state index is 13.2. The van der Waals surface area contributed by atoms with E-state index in [-0.39, 0.29) is 28.0 Å². The average molecular weight is 362 g/mol. The molecule has 0 saturated carbocycles. The number of hydrogen-bond donors (Lipinski definition) is 2. The van der Waals surface area contributed by atoms with Crippen LogP contribution in [0.2, 0.25) is 0 Å². The minimum atomic E-state index is -3.85. The van der Waals surface area contributed by atoms with Crippen molar-refractivity contribution in [2.75, 3.05) is 10.0 Å². The number of hydrogen-bond acceptors (Lipinski definition) is 6. The Balaban J connectivity index is 1.77. The number of nitrogens with one attached hydrogen (secondary N) is 2. The highest BCUT2D eigenvalue weighted by atomic mass is 32.2. The Kier molecular flexibility index (Phi) is 4.41. The predicted molar refractivity (Wildman–Crippen MR) is 90.7 cm³/mol. The van der Waals surface area contributed by atoms with Gasteiger partial charge in [0.25, 0.3) is 10.0 Å². The lowest BCUT2D eigenvalue weighted by molar-refractivity contribution is 0.390. The third-order valence-corrected chi connectivity index (χ3v) is 4.95. The van der Waals surface area contributed by atoms with Crippen LogP contribution < -0.4 is 10.0 Å². The summed E-state index contributed by atoms with van der Waals surface area (Å²) in [5.41, 5.74) is 1.42. The van der Waals surface area contributed by atoms with Gasteiger partial charge in [0.1, 0.15) is 17.3 Å². The highest BCUT2D eigenvalue weighted by Crippen LogP contribution is 2.23. The third kappa shape index (κ3) is 3.77. The second-order valence-electron chi connectivity index (χ2n) is 5.33. The largest absolute Gasteiger partial charge is 0.360 e. The maximum absolute atomic E-state index is 13.2. The molecule has 2 N–H and O–H groups in total. The van der Waals surface area contributed by atoms with E-state index >= 15 is 0 Å². The summed E-state index contributed by atoms with van der Waals surface area (Å²) in [4.78, 5) is 4.05. The first-order valence-corrected chi connectivity index (χ1v) is 8.78. The first-order valence-electron chi connectivity index (χ1n) is 7.29. The average Bonchev–Trinajstić information content (AvgIpc) is 2.89. The summed E-state index contributed by atoms with van der Waals surface area (Å²) in [6.45, 7) is 3.07. The molecule has 0 aliphatic carbocycles. The van der Waals surface area contributed by atoms with Gasteiger partial charge in [-0.1, -0.05) is 11.2 Å². The summed E-state index contributed by atoms with van der Waals surface area (Å²) in [7, 11) is -3.85. The Labute approximate surface area is 143 Å². The smallest absolute Gasteiger partial charge is 0.268 e. The lowest BCUT2D eigenvalue weighted by Gasteiger charge is -2.09. The van der Waals surface area contributed by atoms with Gasteiger partial charge in [-0.2, -0.15) is 0 Å². The number of aryl methyl sites for hydroxylation is 2. The molecule has 0 spiro atoms. The number of halogens is 1. The molecule has 9 heteroatoms. The Morgan fingerprint density at radius 1 is 1.12 bits per heavy atom. The van der Waals surface area contributed by atoms with Crippen molar-refractivity contribution >= 4 is 27.2 Å². The van der Waals surface area contributed by atoms with Crippen LogP contribution in [0.4, 0.5) is 21.6 Å². The number of aromatic nitrogens is 2. The lowest BCUT2D eigenvalue weighted by atomic mass is 10.3. The number of anilines is 3. The Bertz CT molecular complexity index is 981. The van der Waals surface area contributed by atoms with Crippen molar-refractivity contribution in [3.05, 3.63) is 59.9 Å². The Hall–Kier alpha value is -2.94. The van der Waals surface area contributed by atoms with Gasteiger partial charge in [0, 0.05) is 5.69 Å². The van der Waals surface area contributed by atoms with Gasteiger partial charge in [-0.05, 0) is 44.2 Å². The van der Waals surface area contributed by atoms with E-state index in [1.165, 1.54) is 31.3 Å². The van der Waals surface area contributed by atoms with E-state index in [1.54, 1.807) is 25.1 Å². The van der Waals surface area contributed by atoms with Crippen molar-refractivity contribution in [1.82, 2.24) is 10.1 Å². The molecule has 0 saturated heterocycles. The van der Waals surface area contributed by atoms with Crippen molar-refractivity contribution in [3.8, 4) is 0 Å². The standard InChI is InChI=1S/C16H15FN4O3S/c1-10-16(11(2)24-20-10)25(22,23)21-15-7-6-14(9-18-15)19-13-5-3-4-12(17)8-13/h3-9,19H,1-2H3,(H,18,21). The molecule has 0 aliphatic heterocycles. The summed E-state index contributed by atoms with van der Waals surface area (Å²) in [5.74, 6) is -0.0130. The van der Waals surface area contributed by atoms with E-state index in [0.717, 1.165) is 0 Å². The van der Waals surface area contributed by atoms with Gasteiger partial charge in [-0.25, -0.2) is 17.8 Å². The van der Waals surface area contributed by atoms with E-state index in [9.17, 15) is 12.8 Å². The van der Waals surface area contributed by atoms with Crippen LogP contribution in [-0.2, 0) is 10.0 Å². The summed E-state index contributed by atoms with van der Waals surface area (Å²) in [5, 5.41) is 6.61. The predicted octanol–water partition coefficient (Wildman–Crippen LogP) is 3.37. The van der Waals surface area contributed by atoms with Crippen molar-refractivity contribution in [3.63, 3.8) is 0 Å². The molecule has 1 aromatic carbocycles. The molecule has 130 valence electrons. The van der Waals surface area contributed by atoms with Crippen molar-refractivity contribution in [1.29, 1.82) is 0 Å². The van der Waals surface area contributed by atoms with Gasteiger partial charge in [0.2, 0.25) is 0 Å². The second-order valence-corrected chi connectivity index (χ2v) is 6.95. The van der Waals surface area contributed by atoms with Crippen molar-refractivity contribution in [2.24, 2.45) is 0 Å². The van der Waals surface area contributed by atoms with Gasteiger partial charge < -0.3 is 9.84 Å². The van der Waals surface area contributed by atoms with Gasteiger partial charge in [-0.15, -0.1) is 0 Å². The van der Waals surface area contributed by atoms with Crippen LogP contribution in [0, 0.1) is 19.7 Å². The minimum absolute atomic E-state index is 0.00346. The van der Waals surface area contributed by atoms with E-state index in [4.69, 9.17) is 4.52 Å². The number of pyridine rings is 1. The van der Waals surface area contributed by atoms with Crippen LogP contribution in [0.25, 0.3) is 0 Å². The molecule has 0 atom stereocenters. The van der Waals surface area contributed by atoms with Crippen LogP contribution in [-0.4, -0.2) is 18.6 Å². The molecule has 0 bridgehead atoms. The summed E-state index contributed by atoms with van der Waals surface area (Å²) in [6.07, 6.45) is 1.44. The molecular formula is C16H15FN4O3S. The molecule has 2 aromatic heterocycles. The fourth-order valence-corrected chi connectivity index (χ4v) is 3.65. The molecule has 25 heavy (non-hydrogen) atoms. The lowest BCUT2D eigenvalue weighted by Crippen LogP contribution is -2.15. The van der Waals surface area contributed by atoms with Crippen molar-refractivity contribution < 1.29 is 17.3 Å². The maximum Gasteiger partial charge on any atom is 0.268 e. The van der Waals surface area contributed by atoms with E-state index < -0.39 is 10.0 Å². The van der Waals surface area contributed by atoms with E-state index in [2.05, 4.69) is 20.2 Å². The first-order chi connectivity index (χ1) is 11.8. The molecule has 0 unspecified atom stereocenters. The monoisotopic (exact) mass is 362 g/mol. The quantitative estimate of drug-likeness (QED) is 0.722. The number of sulfonamides is 1. The van der Waals surface area contributed by atoms with Gasteiger partial charge in [0.15, 0.2) is 10.7 Å². The number of nitrogens with zero attached hydrogens (tertiary/aromatic N) is 2.